The first kappa shape index (κ1) is 16.5. The Morgan fingerprint density at radius 2 is 2.20 bits per heavy atom. The van der Waals surface area contributed by atoms with Crippen LogP contribution in [0.1, 0.15) is 43.0 Å². The minimum absolute atomic E-state index is 0.357. The zero-order chi connectivity index (χ0) is 17.4. The minimum atomic E-state index is 0.357. The van der Waals surface area contributed by atoms with Gasteiger partial charge in [0.15, 0.2) is 5.96 Å². The van der Waals surface area contributed by atoms with Gasteiger partial charge in [-0.25, -0.2) is 4.99 Å². The zero-order valence-corrected chi connectivity index (χ0v) is 15.4. The van der Waals surface area contributed by atoms with Crippen LogP contribution in [0.15, 0.2) is 23.2 Å². The molecule has 0 saturated carbocycles. The first-order chi connectivity index (χ1) is 12.1. The van der Waals surface area contributed by atoms with Crippen LogP contribution in [0, 0.1) is 13.8 Å². The Balaban J connectivity index is 1.48. The van der Waals surface area contributed by atoms with Crippen molar-refractivity contribution in [3.8, 4) is 0 Å². The Bertz CT molecular complexity index is 794. The Labute approximate surface area is 149 Å². The van der Waals surface area contributed by atoms with Crippen molar-refractivity contribution in [2.24, 2.45) is 4.99 Å². The van der Waals surface area contributed by atoms with Crippen molar-refractivity contribution in [1.82, 2.24) is 15.6 Å². The first-order valence-electron chi connectivity index (χ1n) is 9.42. The van der Waals surface area contributed by atoms with Crippen LogP contribution in [0.3, 0.4) is 0 Å². The highest BCUT2D eigenvalue weighted by Gasteiger charge is 2.41. The number of nitrogens with one attached hydrogen (secondary N) is 3. The molecule has 0 amide bonds. The lowest BCUT2D eigenvalue weighted by Crippen LogP contribution is -2.47. The fourth-order valence-corrected chi connectivity index (χ4v) is 4.06. The highest BCUT2D eigenvalue weighted by Crippen LogP contribution is 2.34. The third-order valence-corrected chi connectivity index (χ3v) is 5.56. The number of benzene rings is 1. The van der Waals surface area contributed by atoms with Crippen LogP contribution in [-0.4, -0.2) is 35.7 Å². The molecule has 2 aliphatic heterocycles. The van der Waals surface area contributed by atoms with Crippen molar-refractivity contribution in [2.75, 3.05) is 6.54 Å². The Morgan fingerprint density at radius 3 is 2.92 bits per heavy atom. The number of aromatic nitrogens is 1. The molecule has 0 aliphatic carbocycles. The summed E-state index contributed by atoms with van der Waals surface area (Å²) in [4.78, 5) is 8.23. The largest absolute Gasteiger partial charge is 0.373 e. The van der Waals surface area contributed by atoms with Crippen molar-refractivity contribution in [3.63, 3.8) is 0 Å². The van der Waals surface area contributed by atoms with Crippen LogP contribution in [0.5, 0.6) is 0 Å². The van der Waals surface area contributed by atoms with Crippen LogP contribution in [0.2, 0.25) is 0 Å². The molecule has 1 aromatic carbocycles. The van der Waals surface area contributed by atoms with Gasteiger partial charge in [0.2, 0.25) is 0 Å². The lowest BCUT2D eigenvalue weighted by atomic mass is 9.96. The molecule has 5 nitrogen and oxygen atoms in total. The number of guanidine groups is 1. The molecule has 3 atom stereocenters. The predicted octanol–water partition coefficient (Wildman–Crippen LogP) is 3.16. The van der Waals surface area contributed by atoms with Crippen molar-refractivity contribution in [2.45, 2.75) is 64.8 Å². The van der Waals surface area contributed by atoms with E-state index in [1.807, 2.05) is 0 Å². The molecule has 25 heavy (non-hydrogen) atoms. The van der Waals surface area contributed by atoms with E-state index >= 15 is 0 Å². The van der Waals surface area contributed by atoms with Crippen molar-refractivity contribution in [3.05, 3.63) is 35.0 Å². The number of hydrogen-bond acceptors (Lipinski definition) is 2. The fraction of sp³-hybridized carbons (Fsp3) is 0.550. The van der Waals surface area contributed by atoms with Gasteiger partial charge < -0.3 is 20.4 Å². The van der Waals surface area contributed by atoms with Crippen LogP contribution < -0.4 is 10.6 Å². The molecule has 2 aliphatic rings. The van der Waals surface area contributed by atoms with E-state index in [1.165, 1.54) is 40.6 Å². The van der Waals surface area contributed by atoms with E-state index < -0.39 is 0 Å². The van der Waals surface area contributed by atoms with Gasteiger partial charge in [-0.1, -0.05) is 6.07 Å². The number of rotatable bonds is 4. The summed E-state index contributed by atoms with van der Waals surface area (Å²) in [5, 5.41) is 8.24. The van der Waals surface area contributed by atoms with Crippen molar-refractivity contribution >= 4 is 16.9 Å². The summed E-state index contributed by atoms with van der Waals surface area (Å²) in [6, 6.07) is 6.96. The Hall–Kier alpha value is -2.01. The molecule has 1 aromatic heterocycles. The average Bonchev–Trinajstić information content (AvgIpc) is 3.29. The van der Waals surface area contributed by atoms with Gasteiger partial charge >= 0.3 is 0 Å². The second kappa shape index (κ2) is 6.71. The second-order valence-electron chi connectivity index (χ2n) is 7.31. The van der Waals surface area contributed by atoms with Gasteiger partial charge in [-0.15, -0.1) is 0 Å². The number of aryl methyl sites for hydroxylation is 2. The van der Waals surface area contributed by atoms with E-state index in [0.717, 1.165) is 18.9 Å². The van der Waals surface area contributed by atoms with E-state index in [-0.39, 0.29) is 0 Å². The number of H-pyrrole nitrogens is 1. The SMILES string of the molecule is CCNC(=NCc1ccc2[nH]c(C)c(C)c2c1)NC1CC2CCC1O2. The number of fused-ring (bicyclic) bond motifs is 3. The van der Waals surface area contributed by atoms with E-state index in [0.29, 0.717) is 24.8 Å². The standard InChI is InChI=1S/C20H28N4O/c1-4-21-20(24-18-10-15-6-8-19(18)25-15)22-11-14-5-7-17-16(9-14)12(2)13(3)23-17/h5,7,9,15,18-19,23H,4,6,8,10-11H2,1-3H3,(H2,21,22,24). The highest BCUT2D eigenvalue weighted by molar-refractivity contribution is 5.85. The van der Waals surface area contributed by atoms with Gasteiger partial charge in [0, 0.05) is 23.1 Å². The van der Waals surface area contributed by atoms with Crippen LogP contribution in [0.4, 0.5) is 0 Å². The number of aromatic amines is 1. The number of ether oxygens (including phenoxy) is 1. The molecule has 2 fully saturated rings. The van der Waals surface area contributed by atoms with Gasteiger partial charge in [0.25, 0.3) is 0 Å². The number of hydrogen-bond donors (Lipinski definition) is 3. The summed E-state index contributed by atoms with van der Waals surface area (Å²) in [5.74, 6) is 0.894. The van der Waals surface area contributed by atoms with Crippen LogP contribution >= 0.6 is 0 Å². The maximum absolute atomic E-state index is 5.94. The molecule has 2 saturated heterocycles. The quantitative estimate of drug-likeness (QED) is 0.592. The van der Waals surface area contributed by atoms with Gasteiger partial charge in [-0.2, -0.15) is 0 Å². The molecule has 3 heterocycles. The Morgan fingerprint density at radius 1 is 1.32 bits per heavy atom. The molecule has 134 valence electrons. The summed E-state index contributed by atoms with van der Waals surface area (Å²) < 4.78 is 5.94. The zero-order valence-electron chi connectivity index (χ0n) is 15.4. The molecule has 0 radical (unpaired) electrons. The average molecular weight is 340 g/mol. The number of aliphatic imine (C=N–C) groups is 1. The Kier molecular flexibility index (Phi) is 4.42. The summed E-state index contributed by atoms with van der Waals surface area (Å²) in [7, 11) is 0. The third-order valence-electron chi connectivity index (χ3n) is 5.56. The molecule has 2 bridgehead atoms. The lowest BCUT2D eigenvalue weighted by molar-refractivity contribution is 0.0992. The fourth-order valence-electron chi connectivity index (χ4n) is 4.06. The van der Waals surface area contributed by atoms with Gasteiger partial charge in [-0.05, 0) is 63.3 Å². The van der Waals surface area contributed by atoms with Crippen molar-refractivity contribution < 1.29 is 4.74 Å². The number of nitrogens with zero attached hydrogens (tertiary/aromatic N) is 1. The van der Waals surface area contributed by atoms with Crippen LogP contribution in [-0.2, 0) is 11.3 Å². The normalized spacial score (nSPS) is 25.7. The molecule has 3 N–H and O–H groups in total. The smallest absolute Gasteiger partial charge is 0.191 e. The minimum Gasteiger partial charge on any atom is -0.373 e. The summed E-state index contributed by atoms with van der Waals surface area (Å²) in [6.07, 6.45) is 4.29. The second-order valence-corrected chi connectivity index (χ2v) is 7.31. The third kappa shape index (κ3) is 3.25. The molecule has 4 rings (SSSR count). The summed E-state index contributed by atoms with van der Waals surface area (Å²) >= 11 is 0. The van der Waals surface area contributed by atoms with Crippen LogP contribution in [0.25, 0.3) is 10.9 Å². The maximum atomic E-state index is 5.94. The van der Waals surface area contributed by atoms with E-state index in [2.05, 4.69) is 54.6 Å². The first-order valence-corrected chi connectivity index (χ1v) is 9.42. The van der Waals surface area contributed by atoms with Gasteiger partial charge in [0.05, 0.1) is 24.8 Å². The highest BCUT2D eigenvalue weighted by atomic mass is 16.5. The van der Waals surface area contributed by atoms with E-state index in [4.69, 9.17) is 9.73 Å². The lowest BCUT2D eigenvalue weighted by Gasteiger charge is -2.22. The maximum Gasteiger partial charge on any atom is 0.191 e. The summed E-state index contributed by atoms with van der Waals surface area (Å²) in [6.45, 7) is 7.94. The topological polar surface area (TPSA) is 61.4 Å². The van der Waals surface area contributed by atoms with Crippen molar-refractivity contribution in [1.29, 1.82) is 0 Å². The molecule has 2 aromatic rings. The summed E-state index contributed by atoms with van der Waals surface area (Å²) in [5.41, 5.74) is 5.00. The van der Waals surface area contributed by atoms with E-state index in [9.17, 15) is 0 Å². The van der Waals surface area contributed by atoms with Gasteiger partial charge in [-0.3, -0.25) is 0 Å². The molecule has 5 heteroatoms. The van der Waals surface area contributed by atoms with Gasteiger partial charge in [0.1, 0.15) is 0 Å². The predicted molar refractivity (Wildman–Crippen MR) is 102 cm³/mol. The molecule has 0 spiro atoms. The molecule has 3 unspecified atom stereocenters. The monoisotopic (exact) mass is 340 g/mol. The molecular weight excluding hydrogens is 312 g/mol. The molecular formula is C20H28N4O. The van der Waals surface area contributed by atoms with E-state index in [1.54, 1.807) is 0 Å².